The highest BCUT2D eigenvalue weighted by Gasteiger charge is 2.58. The van der Waals surface area contributed by atoms with E-state index in [2.05, 4.69) is 17.4 Å². The van der Waals surface area contributed by atoms with E-state index in [1.165, 1.54) is 5.56 Å². The van der Waals surface area contributed by atoms with Crippen molar-refractivity contribution in [1.29, 1.82) is 0 Å². The van der Waals surface area contributed by atoms with Crippen LogP contribution in [0.2, 0.25) is 0 Å². The Bertz CT molecular complexity index is 596. The summed E-state index contributed by atoms with van der Waals surface area (Å²) in [6.07, 6.45) is 7.20. The number of ether oxygens (including phenoxy) is 2. The second kappa shape index (κ2) is 6.07. The number of benzene rings is 1. The maximum absolute atomic E-state index is 13.0. The van der Waals surface area contributed by atoms with Gasteiger partial charge in [-0.1, -0.05) is 12.1 Å². The monoisotopic (exact) mass is 329 g/mol. The Balaban J connectivity index is 1.47. The third-order valence-electron chi connectivity index (χ3n) is 6.58. The molecule has 2 aliphatic carbocycles. The maximum atomic E-state index is 13.0. The van der Waals surface area contributed by atoms with Gasteiger partial charge in [-0.05, 0) is 68.1 Å². The van der Waals surface area contributed by atoms with Crippen molar-refractivity contribution < 1.29 is 14.3 Å². The first kappa shape index (κ1) is 15.9. The first-order chi connectivity index (χ1) is 11.7. The summed E-state index contributed by atoms with van der Waals surface area (Å²) in [6.45, 7) is 1.54. The van der Waals surface area contributed by atoms with E-state index in [9.17, 15) is 4.79 Å². The van der Waals surface area contributed by atoms with E-state index >= 15 is 0 Å². The summed E-state index contributed by atoms with van der Waals surface area (Å²) in [5, 5.41) is 3.33. The molecule has 1 N–H and O–H groups in total. The average Bonchev–Trinajstić information content (AvgIpc) is 3.22. The molecule has 0 atom stereocenters. The third-order valence-corrected chi connectivity index (χ3v) is 6.58. The van der Waals surface area contributed by atoms with Gasteiger partial charge in [-0.25, -0.2) is 0 Å². The molecule has 1 aromatic carbocycles. The van der Waals surface area contributed by atoms with E-state index in [-0.39, 0.29) is 10.8 Å². The standard InChI is InChI=1S/C20H27NO3/c1-23-17-4-2-15(3-5-17)19-8-10-20(14-19,11-9-19)18(22)21-16-6-12-24-13-7-16/h2-5,16H,6-14H2,1H3,(H,21,22). The van der Waals surface area contributed by atoms with Crippen LogP contribution in [0.25, 0.3) is 0 Å². The van der Waals surface area contributed by atoms with Crippen LogP contribution in [0.3, 0.4) is 0 Å². The summed E-state index contributed by atoms with van der Waals surface area (Å²) >= 11 is 0. The highest BCUT2D eigenvalue weighted by atomic mass is 16.5. The molecule has 0 spiro atoms. The van der Waals surface area contributed by atoms with Crippen LogP contribution in [0, 0.1) is 5.41 Å². The Labute approximate surface area is 143 Å². The van der Waals surface area contributed by atoms with Gasteiger partial charge in [-0.3, -0.25) is 4.79 Å². The van der Waals surface area contributed by atoms with E-state index < -0.39 is 0 Å². The number of hydrogen-bond acceptors (Lipinski definition) is 3. The number of hydrogen-bond donors (Lipinski definition) is 1. The number of carbonyl (C=O) groups excluding carboxylic acids is 1. The number of rotatable bonds is 4. The van der Waals surface area contributed by atoms with Crippen molar-refractivity contribution in [3.05, 3.63) is 29.8 Å². The first-order valence-corrected chi connectivity index (χ1v) is 9.19. The fourth-order valence-electron chi connectivity index (χ4n) is 5.03. The summed E-state index contributed by atoms with van der Waals surface area (Å²) < 4.78 is 10.7. The van der Waals surface area contributed by atoms with Crippen molar-refractivity contribution in [2.24, 2.45) is 5.41 Å². The molecular weight excluding hydrogens is 302 g/mol. The average molecular weight is 329 g/mol. The van der Waals surface area contributed by atoms with E-state index in [1.54, 1.807) is 7.11 Å². The molecular formula is C20H27NO3. The maximum Gasteiger partial charge on any atom is 0.226 e. The second-order valence-corrected chi connectivity index (χ2v) is 7.83. The molecule has 4 rings (SSSR count). The van der Waals surface area contributed by atoms with Crippen LogP contribution in [-0.2, 0) is 14.9 Å². The summed E-state index contributed by atoms with van der Waals surface area (Å²) in [5.74, 6) is 1.19. The molecule has 1 aliphatic heterocycles. The van der Waals surface area contributed by atoms with Crippen LogP contribution in [0.5, 0.6) is 5.75 Å². The molecule has 1 aromatic rings. The summed E-state index contributed by atoms with van der Waals surface area (Å²) in [6, 6.07) is 8.78. The predicted octanol–water partition coefficient (Wildman–Crippen LogP) is 3.19. The SMILES string of the molecule is COc1ccc(C23CCC(C(=O)NC4CCOCC4)(CC2)C3)cc1. The lowest BCUT2D eigenvalue weighted by atomic mass is 9.77. The summed E-state index contributed by atoms with van der Waals surface area (Å²) in [5.41, 5.74) is 1.43. The third kappa shape index (κ3) is 2.61. The number of nitrogens with one attached hydrogen (secondary N) is 1. The highest BCUT2D eigenvalue weighted by molar-refractivity contribution is 5.84. The summed E-state index contributed by atoms with van der Waals surface area (Å²) in [7, 11) is 1.70. The van der Waals surface area contributed by atoms with E-state index in [1.807, 2.05) is 12.1 Å². The van der Waals surface area contributed by atoms with Crippen molar-refractivity contribution in [2.45, 2.75) is 56.4 Å². The predicted molar refractivity (Wildman–Crippen MR) is 92.2 cm³/mol. The molecule has 24 heavy (non-hydrogen) atoms. The van der Waals surface area contributed by atoms with Gasteiger partial charge in [0.1, 0.15) is 5.75 Å². The number of amides is 1. The van der Waals surface area contributed by atoms with Crippen molar-refractivity contribution >= 4 is 5.91 Å². The zero-order valence-electron chi connectivity index (χ0n) is 14.5. The molecule has 2 bridgehead atoms. The van der Waals surface area contributed by atoms with Gasteiger partial charge >= 0.3 is 0 Å². The van der Waals surface area contributed by atoms with Gasteiger partial charge in [-0.15, -0.1) is 0 Å². The van der Waals surface area contributed by atoms with E-state index in [0.717, 1.165) is 63.9 Å². The van der Waals surface area contributed by atoms with Crippen LogP contribution in [0.15, 0.2) is 24.3 Å². The molecule has 0 radical (unpaired) electrons. The van der Waals surface area contributed by atoms with Crippen LogP contribution in [-0.4, -0.2) is 32.3 Å². The molecule has 4 heteroatoms. The molecule has 130 valence electrons. The molecule has 1 heterocycles. The van der Waals surface area contributed by atoms with Gasteiger partial charge < -0.3 is 14.8 Å². The Morgan fingerprint density at radius 1 is 1.12 bits per heavy atom. The molecule has 0 aromatic heterocycles. The van der Waals surface area contributed by atoms with Gasteiger partial charge in [-0.2, -0.15) is 0 Å². The molecule has 0 unspecified atom stereocenters. The van der Waals surface area contributed by atoms with Crippen LogP contribution in [0.1, 0.15) is 50.5 Å². The smallest absolute Gasteiger partial charge is 0.226 e. The second-order valence-electron chi connectivity index (χ2n) is 7.83. The highest BCUT2D eigenvalue weighted by Crippen LogP contribution is 2.62. The lowest BCUT2D eigenvalue weighted by molar-refractivity contribution is -0.132. The Morgan fingerprint density at radius 3 is 2.42 bits per heavy atom. The fraction of sp³-hybridized carbons (Fsp3) is 0.650. The van der Waals surface area contributed by atoms with Gasteiger partial charge in [0.2, 0.25) is 5.91 Å². The Hall–Kier alpha value is -1.55. The number of fused-ring (bicyclic) bond motifs is 2. The van der Waals surface area contributed by atoms with E-state index in [4.69, 9.17) is 9.47 Å². The lowest BCUT2D eigenvalue weighted by Gasteiger charge is -2.30. The number of carbonyl (C=O) groups is 1. The molecule has 1 amide bonds. The molecule has 2 saturated carbocycles. The quantitative estimate of drug-likeness (QED) is 0.923. The van der Waals surface area contributed by atoms with Gasteiger partial charge in [0.15, 0.2) is 0 Å². The topological polar surface area (TPSA) is 47.6 Å². The van der Waals surface area contributed by atoms with Crippen LogP contribution >= 0.6 is 0 Å². The van der Waals surface area contributed by atoms with Crippen molar-refractivity contribution in [1.82, 2.24) is 5.32 Å². The minimum atomic E-state index is -0.141. The molecule has 3 aliphatic rings. The zero-order chi connectivity index (χ0) is 16.6. The minimum absolute atomic E-state index is 0.141. The Kier molecular flexibility index (Phi) is 4.03. The fourth-order valence-corrected chi connectivity index (χ4v) is 5.03. The van der Waals surface area contributed by atoms with Crippen molar-refractivity contribution in [3.8, 4) is 5.75 Å². The first-order valence-electron chi connectivity index (χ1n) is 9.19. The number of methoxy groups -OCH3 is 1. The molecule has 4 nitrogen and oxygen atoms in total. The van der Waals surface area contributed by atoms with E-state index in [0.29, 0.717) is 11.9 Å². The van der Waals surface area contributed by atoms with Crippen LogP contribution < -0.4 is 10.1 Å². The Morgan fingerprint density at radius 2 is 1.79 bits per heavy atom. The van der Waals surface area contributed by atoms with Gasteiger partial charge in [0.25, 0.3) is 0 Å². The normalized spacial score (nSPS) is 32.7. The molecule has 1 saturated heterocycles. The summed E-state index contributed by atoms with van der Waals surface area (Å²) in [4.78, 5) is 13.0. The largest absolute Gasteiger partial charge is 0.497 e. The molecule has 3 fully saturated rings. The van der Waals surface area contributed by atoms with Gasteiger partial charge in [0, 0.05) is 19.3 Å². The lowest BCUT2D eigenvalue weighted by Crippen LogP contribution is -2.45. The minimum Gasteiger partial charge on any atom is -0.497 e. The zero-order valence-corrected chi connectivity index (χ0v) is 14.5. The van der Waals surface area contributed by atoms with Crippen LogP contribution in [0.4, 0.5) is 0 Å². The van der Waals surface area contributed by atoms with Crippen molar-refractivity contribution in [3.63, 3.8) is 0 Å². The van der Waals surface area contributed by atoms with Crippen molar-refractivity contribution in [2.75, 3.05) is 20.3 Å². The van der Waals surface area contributed by atoms with Gasteiger partial charge in [0.05, 0.1) is 12.5 Å².